The molecule has 2 aliphatic rings. The number of halogens is 1. The Morgan fingerprint density at radius 1 is 1.27 bits per heavy atom. The Bertz CT molecular complexity index is 1050. The summed E-state index contributed by atoms with van der Waals surface area (Å²) in [6.45, 7) is 4.92. The maximum atomic E-state index is 13.0. The van der Waals surface area contributed by atoms with Crippen molar-refractivity contribution in [3.63, 3.8) is 0 Å². The van der Waals surface area contributed by atoms with Crippen LogP contribution in [0.4, 0.5) is 5.69 Å². The Hall–Kier alpha value is -2.62. The van der Waals surface area contributed by atoms with E-state index in [-0.39, 0.29) is 18.2 Å². The van der Waals surface area contributed by atoms with Gasteiger partial charge < -0.3 is 9.64 Å². The van der Waals surface area contributed by atoms with Crippen LogP contribution in [0.5, 0.6) is 5.75 Å². The van der Waals surface area contributed by atoms with Gasteiger partial charge >= 0.3 is 0 Å². The third-order valence-electron chi connectivity index (χ3n) is 5.41. The highest BCUT2D eigenvalue weighted by molar-refractivity contribution is 8.03. The van der Waals surface area contributed by atoms with Gasteiger partial charge in [-0.1, -0.05) is 41.6 Å². The molecule has 1 amide bonds. The molecule has 5 nitrogen and oxygen atoms in total. The first-order valence-electron chi connectivity index (χ1n) is 9.83. The number of aryl methyl sites for hydroxylation is 1. The fraction of sp³-hybridized carbons (Fsp3) is 0.304. The van der Waals surface area contributed by atoms with Gasteiger partial charge in [0.15, 0.2) is 0 Å². The first kappa shape index (κ1) is 20.6. The van der Waals surface area contributed by atoms with Crippen LogP contribution in [-0.4, -0.2) is 30.0 Å². The predicted molar refractivity (Wildman–Crippen MR) is 120 cm³/mol. The van der Waals surface area contributed by atoms with Crippen molar-refractivity contribution in [1.29, 1.82) is 5.26 Å². The fourth-order valence-electron chi connectivity index (χ4n) is 3.75. The number of fused-ring (bicyclic) bond motifs is 1. The molecule has 0 bridgehead atoms. The Kier molecular flexibility index (Phi) is 5.94. The van der Waals surface area contributed by atoms with E-state index in [0.717, 1.165) is 27.6 Å². The molecule has 1 saturated heterocycles. The Morgan fingerprint density at radius 3 is 2.70 bits per heavy atom. The first-order chi connectivity index (χ1) is 14.5. The Morgan fingerprint density at radius 2 is 2.03 bits per heavy atom. The summed E-state index contributed by atoms with van der Waals surface area (Å²) in [4.78, 5) is 16.9. The second kappa shape index (κ2) is 8.63. The van der Waals surface area contributed by atoms with E-state index >= 15 is 0 Å². The van der Waals surface area contributed by atoms with E-state index in [0.29, 0.717) is 29.7 Å². The third-order valence-corrected chi connectivity index (χ3v) is 6.97. The number of rotatable bonds is 4. The summed E-state index contributed by atoms with van der Waals surface area (Å²) >= 11 is 7.81. The molecule has 30 heavy (non-hydrogen) atoms. The van der Waals surface area contributed by atoms with Gasteiger partial charge in [0.2, 0.25) is 5.91 Å². The van der Waals surface area contributed by atoms with Crippen LogP contribution in [0.3, 0.4) is 0 Å². The van der Waals surface area contributed by atoms with Crippen LogP contribution in [0.1, 0.15) is 30.4 Å². The van der Waals surface area contributed by atoms with Crippen molar-refractivity contribution in [3.8, 4) is 11.8 Å². The Balaban J connectivity index is 1.61. The maximum absolute atomic E-state index is 13.0. The van der Waals surface area contributed by atoms with E-state index in [1.807, 2.05) is 56.3 Å². The molecule has 154 valence electrons. The molecule has 0 N–H and O–H groups in total. The number of benzene rings is 2. The van der Waals surface area contributed by atoms with Gasteiger partial charge in [0, 0.05) is 23.0 Å². The SMILES string of the molecule is CCOc1ccc([C@@H]2CC(=O)N3CN(c4ccc(C)c(Cl)c4)CSC3=C2C#N)cc1. The maximum Gasteiger partial charge on any atom is 0.229 e. The van der Waals surface area contributed by atoms with Gasteiger partial charge in [0.1, 0.15) is 5.75 Å². The molecule has 1 atom stereocenters. The molecule has 7 heteroatoms. The minimum Gasteiger partial charge on any atom is -0.494 e. The van der Waals surface area contributed by atoms with Gasteiger partial charge in [-0.25, -0.2) is 0 Å². The number of hydrogen-bond acceptors (Lipinski definition) is 5. The van der Waals surface area contributed by atoms with Gasteiger partial charge in [-0.2, -0.15) is 5.26 Å². The number of ether oxygens (including phenoxy) is 1. The van der Waals surface area contributed by atoms with Gasteiger partial charge in [-0.3, -0.25) is 9.69 Å². The number of thioether (sulfide) groups is 1. The highest BCUT2D eigenvalue weighted by Gasteiger charge is 2.38. The van der Waals surface area contributed by atoms with Gasteiger partial charge in [0.25, 0.3) is 0 Å². The lowest BCUT2D eigenvalue weighted by Crippen LogP contribution is -2.47. The van der Waals surface area contributed by atoms with Crippen LogP contribution in [0.25, 0.3) is 0 Å². The van der Waals surface area contributed by atoms with E-state index in [4.69, 9.17) is 16.3 Å². The Labute approximate surface area is 185 Å². The average Bonchev–Trinajstić information content (AvgIpc) is 2.76. The zero-order valence-corrected chi connectivity index (χ0v) is 18.5. The summed E-state index contributed by atoms with van der Waals surface area (Å²) < 4.78 is 5.51. The van der Waals surface area contributed by atoms with E-state index in [9.17, 15) is 10.1 Å². The van der Waals surface area contributed by atoms with Crippen molar-refractivity contribution in [1.82, 2.24) is 4.90 Å². The lowest BCUT2D eigenvalue weighted by molar-refractivity contribution is -0.129. The number of nitrogens with zero attached hydrogens (tertiary/aromatic N) is 3. The van der Waals surface area contributed by atoms with Crippen LogP contribution < -0.4 is 9.64 Å². The van der Waals surface area contributed by atoms with Gasteiger partial charge in [-0.05, 0) is 49.2 Å². The highest BCUT2D eigenvalue weighted by Crippen LogP contribution is 2.43. The summed E-state index contributed by atoms with van der Waals surface area (Å²) in [6.07, 6.45) is 0.281. The molecular weight excluding hydrogens is 418 g/mol. The number of amides is 1. The number of allylic oxidation sites excluding steroid dienone is 1. The molecule has 1 fully saturated rings. The normalized spacial score (nSPS) is 18.9. The number of carbonyl (C=O) groups excluding carboxylic acids is 1. The third kappa shape index (κ3) is 3.88. The smallest absolute Gasteiger partial charge is 0.229 e. The predicted octanol–water partition coefficient (Wildman–Crippen LogP) is 5.27. The monoisotopic (exact) mass is 439 g/mol. The topological polar surface area (TPSA) is 56.6 Å². The largest absolute Gasteiger partial charge is 0.494 e. The lowest BCUT2D eigenvalue weighted by atomic mass is 9.86. The zero-order chi connectivity index (χ0) is 21.3. The van der Waals surface area contributed by atoms with Crippen molar-refractivity contribution in [3.05, 3.63) is 69.2 Å². The van der Waals surface area contributed by atoms with Crippen molar-refractivity contribution in [2.75, 3.05) is 24.1 Å². The summed E-state index contributed by atoms with van der Waals surface area (Å²) in [5.74, 6) is 1.24. The number of nitriles is 1. The van der Waals surface area contributed by atoms with E-state index in [1.54, 1.807) is 4.90 Å². The number of anilines is 1. The average molecular weight is 440 g/mol. The standard InChI is InChI=1S/C23H22ClN3O2S/c1-3-29-18-8-5-16(6-9-18)19-11-22(28)27-13-26(14-30-23(27)20(19)12-25)17-7-4-15(2)21(24)10-17/h4-10,19H,3,11,13-14H2,1-2H3/t19-/m0/s1. The fourth-order valence-corrected chi connectivity index (χ4v) is 5.09. The van der Waals surface area contributed by atoms with Crippen LogP contribution in [0.2, 0.25) is 5.02 Å². The van der Waals surface area contributed by atoms with Gasteiger partial charge in [0.05, 0.1) is 35.8 Å². The molecule has 0 aromatic heterocycles. The first-order valence-corrected chi connectivity index (χ1v) is 11.2. The van der Waals surface area contributed by atoms with Crippen LogP contribution in [0, 0.1) is 18.3 Å². The van der Waals surface area contributed by atoms with Gasteiger partial charge in [-0.15, -0.1) is 0 Å². The molecule has 0 unspecified atom stereocenters. The second-order valence-corrected chi connectivity index (χ2v) is 8.64. The molecule has 0 radical (unpaired) electrons. The van der Waals surface area contributed by atoms with Crippen molar-refractivity contribution >= 4 is 35.0 Å². The minimum absolute atomic E-state index is 0.0262. The molecule has 0 aliphatic carbocycles. The minimum atomic E-state index is -0.225. The second-order valence-electron chi connectivity index (χ2n) is 7.30. The van der Waals surface area contributed by atoms with Crippen LogP contribution in [0.15, 0.2) is 53.1 Å². The zero-order valence-electron chi connectivity index (χ0n) is 16.9. The van der Waals surface area contributed by atoms with Crippen molar-refractivity contribution in [2.45, 2.75) is 26.2 Å². The summed E-state index contributed by atoms with van der Waals surface area (Å²) in [5.41, 5.74) is 3.61. The molecule has 2 heterocycles. The number of carbonyl (C=O) groups is 1. The lowest BCUT2D eigenvalue weighted by Gasteiger charge is -2.42. The van der Waals surface area contributed by atoms with E-state index < -0.39 is 0 Å². The summed E-state index contributed by atoms with van der Waals surface area (Å²) in [6, 6.07) is 16.0. The molecule has 2 aromatic rings. The summed E-state index contributed by atoms with van der Waals surface area (Å²) in [7, 11) is 0. The molecule has 2 aromatic carbocycles. The van der Waals surface area contributed by atoms with E-state index in [1.165, 1.54) is 11.8 Å². The summed E-state index contributed by atoms with van der Waals surface area (Å²) in [5, 5.41) is 11.4. The molecule has 2 aliphatic heterocycles. The molecular formula is C23H22ClN3O2S. The highest BCUT2D eigenvalue weighted by atomic mass is 35.5. The van der Waals surface area contributed by atoms with Crippen LogP contribution >= 0.6 is 23.4 Å². The number of hydrogen-bond donors (Lipinski definition) is 0. The van der Waals surface area contributed by atoms with Crippen molar-refractivity contribution in [2.24, 2.45) is 0 Å². The molecule has 4 rings (SSSR count). The molecule has 0 saturated carbocycles. The van der Waals surface area contributed by atoms with Crippen LogP contribution in [-0.2, 0) is 4.79 Å². The van der Waals surface area contributed by atoms with E-state index in [2.05, 4.69) is 11.0 Å². The quantitative estimate of drug-likeness (QED) is 0.649. The van der Waals surface area contributed by atoms with Crippen molar-refractivity contribution < 1.29 is 9.53 Å². The molecule has 0 spiro atoms.